The zero-order chi connectivity index (χ0) is 15.5. The van der Waals surface area contributed by atoms with Gasteiger partial charge in [-0.25, -0.2) is 4.39 Å². The molecule has 1 amide bonds. The van der Waals surface area contributed by atoms with Crippen LogP contribution in [0, 0.1) is 17.2 Å². The minimum absolute atomic E-state index is 0.0938. The number of anilines is 1. The summed E-state index contributed by atoms with van der Waals surface area (Å²) >= 11 is 0. The van der Waals surface area contributed by atoms with Crippen LogP contribution in [0.5, 0.6) is 0 Å². The Balaban J connectivity index is 1.70. The number of fused-ring (bicyclic) bond motifs is 1. The number of halogens is 1. The Kier molecular flexibility index (Phi) is 3.09. The van der Waals surface area contributed by atoms with Gasteiger partial charge in [-0.3, -0.25) is 4.79 Å². The SMILES string of the molecule is C[C@H]1CCC(c2cc(F)c3c(c2)CC2(CC2)C(=O)N3C)NC1. The quantitative estimate of drug-likeness (QED) is 0.864. The van der Waals surface area contributed by atoms with Crippen molar-refractivity contribution < 1.29 is 9.18 Å². The predicted molar refractivity (Wildman–Crippen MR) is 84.3 cm³/mol. The molecule has 1 N–H and O–H groups in total. The van der Waals surface area contributed by atoms with Gasteiger partial charge in [-0.05, 0) is 61.8 Å². The van der Waals surface area contributed by atoms with E-state index in [-0.39, 0.29) is 23.2 Å². The van der Waals surface area contributed by atoms with Crippen molar-refractivity contribution in [1.29, 1.82) is 0 Å². The summed E-state index contributed by atoms with van der Waals surface area (Å²) in [5, 5.41) is 3.53. The van der Waals surface area contributed by atoms with Gasteiger partial charge in [-0.2, -0.15) is 0 Å². The Hall–Kier alpha value is -1.42. The van der Waals surface area contributed by atoms with Crippen molar-refractivity contribution in [3.05, 3.63) is 29.1 Å². The standard InChI is InChI=1S/C18H23FN2O/c1-11-3-4-15(20-10-11)12-7-13-9-18(5-6-18)17(22)21(2)16(13)14(19)8-12/h7-8,11,15,20H,3-6,9-10H2,1-2H3/t11-,15?/m0/s1. The summed E-state index contributed by atoms with van der Waals surface area (Å²) in [5.74, 6) is 0.535. The molecule has 1 aliphatic carbocycles. The average molecular weight is 302 g/mol. The normalized spacial score (nSPS) is 29.6. The average Bonchev–Trinajstić information content (AvgIpc) is 3.25. The number of nitrogens with one attached hydrogen (secondary N) is 1. The molecule has 4 heteroatoms. The third-order valence-electron chi connectivity index (χ3n) is 5.70. The summed E-state index contributed by atoms with van der Waals surface area (Å²) in [6, 6.07) is 4.00. The fourth-order valence-corrected chi connectivity index (χ4v) is 4.11. The van der Waals surface area contributed by atoms with Gasteiger partial charge in [0.25, 0.3) is 0 Å². The maximum atomic E-state index is 14.6. The maximum Gasteiger partial charge on any atom is 0.233 e. The molecular formula is C18H23FN2O. The van der Waals surface area contributed by atoms with Crippen molar-refractivity contribution in [2.24, 2.45) is 11.3 Å². The summed E-state index contributed by atoms with van der Waals surface area (Å²) in [6.45, 7) is 3.24. The molecule has 4 rings (SSSR count). The van der Waals surface area contributed by atoms with Crippen LogP contribution in [0.3, 0.4) is 0 Å². The van der Waals surface area contributed by atoms with E-state index in [2.05, 4.69) is 18.3 Å². The molecule has 3 nitrogen and oxygen atoms in total. The highest BCUT2D eigenvalue weighted by Crippen LogP contribution is 2.54. The predicted octanol–water partition coefficient (Wildman–Crippen LogP) is 3.19. The Labute approximate surface area is 130 Å². The minimum Gasteiger partial charge on any atom is -0.312 e. The molecule has 118 valence electrons. The Morgan fingerprint density at radius 3 is 2.73 bits per heavy atom. The third-order valence-corrected chi connectivity index (χ3v) is 5.70. The molecule has 0 aromatic heterocycles. The van der Waals surface area contributed by atoms with Crippen LogP contribution >= 0.6 is 0 Å². The lowest BCUT2D eigenvalue weighted by atomic mass is 9.85. The van der Waals surface area contributed by atoms with E-state index in [1.54, 1.807) is 18.0 Å². The van der Waals surface area contributed by atoms with Crippen molar-refractivity contribution in [3.63, 3.8) is 0 Å². The molecule has 1 aromatic rings. The van der Waals surface area contributed by atoms with Gasteiger partial charge >= 0.3 is 0 Å². The number of hydrogen-bond acceptors (Lipinski definition) is 2. The first-order chi connectivity index (χ1) is 10.5. The first kappa shape index (κ1) is 14.2. The van der Waals surface area contributed by atoms with Gasteiger partial charge in [0.1, 0.15) is 5.82 Å². The van der Waals surface area contributed by atoms with E-state index < -0.39 is 0 Å². The zero-order valence-electron chi connectivity index (χ0n) is 13.3. The molecule has 1 saturated heterocycles. The number of piperidine rings is 1. The summed E-state index contributed by atoms with van der Waals surface area (Å²) in [5.41, 5.74) is 2.33. The van der Waals surface area contributed by atoms with Gasteiger partial charge in [-0.15, -0.1) is 0 Å². The van der Waals surface area contributed by atoms with Gasteiger partial charge in [0.2, 0.25) is 5.91 Å². The van der Waals surface area contributed by atoms with E-state index in [0.29, 0.717) is 18.0 Å². The summed E-state index contributed by atoms with van der Waals surface area (Å²) in [4.78, 5) is 13.9. The molecule has 0 bridgehead atoms. The number of hydrogen-bond donors (Lipinski definition) is 1. The van der Waals surface area contributed by atoms with E-state index in [0.717, 1.165) is 36.9 Å². The third kappa shape index (κ3) is 2.08. The van der Waals surface area contributed by atoms with Gasteiger partial charge in [0.15, 0.2) is 0 Å². The smallest absolute Gasteiger partial charge is 0.233 e. The number of carbonyl (C=O) groups excluding carboxylic acids is 1. The molecule has 2 aliphatic heterocycles. The maximum absolute atomic E-state index is 14.6. The first-order valence-corrected chi connectivity index (χ1v) is 8.34. The second kappa shape index (κ2) is 4.79. The monoisotopic (exact) mass is 302 g/mol. The number of carbonyl (C=O) groups is 1. The van der Waals surface area contributed by atoms with Gasteiger partial charge in [0, 0.05) is 13.1 Å². The van der Waals surface area contributed by atoms with E-state index in [9.17, 15) is 9.18 Å². The lowest BCUT2D eigenvalue weighted by Gasteiger charge is -2.34. The van der Waals surface area contributed by atoms with Crippen LogP contribution in [0.2, 0.25) is 0 Å². The highest BCUT2D eigenvalue weighted by atomic mass is 19.1. The Morgan fingerprint density at radius 1 is 1.32 bits per heavy atom. The Morgan fingerprint density at radius 2 is 2.09 bits per heavy atom. The molecule has 1 saturated carbocycles. The van der Waals surface area contributed by atoms with Crippen LogP contribution in [0.4, 0.5) is 10.1 Å². The zero-order valence-corrected chi connectivity index (χ0v) is 13.3. The summed E-state index contributed by atoms with van der Waals surface area (Å²) in [7, 11) is 1.71. The molecule has 2 atom stereocenters. The van der Waals surface area contributed by atoms with E-state index in [1.165, 1.54) is 6.42 Å². The fourth-order valence-electron chi connectivity index (χ4n) is 4.11. The summed E-state index contributed by atoms with van der Waals surface area (Å²) < 4.78 is 14.6. The van der Waals surface area contributed by atoms with Crippen molar-refractivity contribution in [2.45, 2.75) is 45.1 Å². The van der Waals surface area contributed by atoms with Crippen LogP contribution in [-0.2, 0) is 11.2 Å². The molecule has 2 heterocycles. The molecule has 1 spiro atoms. The van der Waals surface area contributed by atoms with Crippen molar-refractivity contribution in [1.82, 2.24) is 5.32 Å². The molecule has 3 aliphatic rings. The minimum atomic E-state index is -0.251. The van der Waals surface area contributed by atoms with Crippen molar-refractivity contribution in [2.75, 3.05) is 18.5 Å². The van der Waals surface area contributed by atoms with Crippen molar-refractivity contribution in [3.8, 4) is 0 Å². The number of nitrogens with zero attached hydrogens (tertiary/aromatic N) is 1. The molecule has 0 radical (unpaired) electrons. The van der Waals surface area contributed by atoms with Crippen LogP contribution in [0.25, 0.3) is 0 Å². The second-order valence-corrected chi connectivity index (χ2v) is 7.48. The lowest BCUT2D eigenvalue weighted by molar-refractivity contribution is -0.123. The molecule has 1 aromatic carbocycles. The van der Waals surface area contributed by atoms with E-state index >= 15 is 0 Å². The highest BCUT2D eigenvalue weighted by Gasteiger charge is 2.54. The van der Waals surface area contributed by atoms with E-state index in [1.807, 2.05) is 0 Å². The lowest BCUT2D eigenvalue weighted by Crippen LogP contribution is -2.41. The largest absolute Gasteiger partial charge is 0.312 e. The highest BCUT2D eigenvalue weighted by molar-refractivity contribution is 6.02. The van der Waals surface area contributed by atoms with Crippen LogP contribution < -0.4 is 10.2 Å². The van der Waals surface area contributed by atoms with Crippen LogP contribution in [0.15, 0.2) is 12.1 Å². The van der Waals surface area contributed by atoms with Gasteiger partial charge in [-0.1, -0.05) is 13.0 Å². The fraction of sp³-hybridized carbons (Fsp3) is 0.611. The molecule has 22 heavy (non-hydrogen) atoms. The first-order valence-electron chi connectivity index (χ1n) is 8.34. The van der Waals surface area contributed by atoms with Crippen molar-refractivity contribution >= 4 is 11.6 Å². The van der Waals surface area contributed by atoms with Gasteiger partial charge in [0.05, 0.1) is 11.1 Å². The Bertz CT molecular complexity index is 630. The molecular weight excluding hydrogens is 279 g/mol. The number of benzene rings is 1. The second-order valence-electron chi connectivity index (χ2n) is 7.48. The van der Waals surface area contributed by atoms with E-state index in [4.69, 9.17) is 0 Å². The number of amides is 1. The topological polar surface area (TPSA) is 32.3 Å². The van der Waals surface area contributed by atoms with Gasteiger partial charge < -0.3 is 10.2 Å². The molecule has 2 fully saturated rings. The van der Waals surface area contributed by atoms with Crippen LogP contribution in [-0.4, -0.2) is 19.5 Å². The van der Waals surface area contributed by atoms with Crippen LogP contribution in [0.1, 0.15) is 49.8 Å². The molecule has 1 unspecified atom stereocenters. The summed E-state index contributed by atoms with van der Waals surface area (Å²) in [6.07, 6.45) is 4.83. The number of rotatable bonds is 1.